The summed E-state index contributed by atoms with van der Waals surface area (Å²) in [6, 6.07) is 15.5. The summed E-state index contributed by atoms with van der Waals surface area (Å²) < 4.78 is 0. The lowest BCUT2D eigenvalue weighted by Gasteiger charge is -2.16. The molecule has 2 aromatic carbocycles. The largest absolute Gasteiger partial charge is 0.336 e. The Morgan fingerprint density at radius 3 is 2.24 bits per heavy atom. The van der Waals surface area contributed by atoms with Crippen molar-refractivity contribution >= 4 is 34.9 Å². The first-order valence-corrected chi connectivity index (χ1v) is 8.21. The van der Waals surface area contributed by atoms with Gasteiger partial charge in [0.2, 0.25) is 11.8 Å². The van der Waals surface area contributed by atoms with Gasteiger partial charge in [0.1, 0.15) is 0 Å². The fraction of sp³-hybridized carbons (Fsp3) is 0.211. The average molecular weight is 359 g/mol. The highest BCUT2D eigenvalue weighted by Gasteiger charge is 2.15. The number of benzene rings is 2. The van der Waals surface area contributed by atoms with Crippen LogP contribution in [-0.2, 0) is 9.59 Å². The number of amides is 2. The average Bonchev–Trinajstić information content (AvgIpc) is 2.62. The molecule has 0 aliphatic carbocycles. The van der Waals surface area contributed by atoms with Crippen LogP contribution >= 0.6 is 11.6 Å². The van der Waals surface area contributed by atoms with Crippen molar-refractivity contribution in [3.63, 3.8) is 0 Å². The zero-order valence-electron chi connectivity index (χ0n) is 13.9. The summed E-state index contributed by atoms with van der Waals surface area (Å²) in [5.41, 5.74) is 1.19. The monoisotopic (exact) mass is 358 g/mol. The minimum Gasteiger partial charge on any atom is -0.336 e. The van der Waals surface area contributed by atoms with Gasteiger partial charge in [-0.2, -0.15) is 0 Å². The summed E-state index contributed by atoms with van der Waals surface area (Å²) in [5.74, 6) is -0.656. The second kappa shape index (κ2) is 8.99. The van der Waals surface area contributed by atoms with E-state index in [4.69, 9.17) is 11.6 Å². The van der Waals surface area contributed by atoms with E-state index in [1.165, 1.54) is 11.9 Å². The molecule has 0 aliphatic heterocycles. The summed E-state index contributed by atoms with van der Waals surface area (Å²) in [6.45, 7) is -0.0824. The molecule has 0 heterocycles. The molecule has 0 saturated carbocycles. The van der Waals surface area contributed by atoms with E-state index in [0.29, 0.717) is 16.3 Å². The van der Waals surface area contributed by atoms with E-state index in [1.807, 2.05) is 6.07 Å². The number of carbonyl (C=O) groups excluding carboxylic acids is 3. The number of ketones is 1. The fourth-order valence-corrected chi connectivity index (χ4v) is 2.34. The summed E-state index contributed by atoms with van der Waals surface area (Å²) in [6.07, 6.45) is 0.185. The SMILES string of the molecule is CN(CC(=O)Nc1ccc(Cl)cc1)C(=O)CCC(=O)c1ccccc1. The van der Waals surface area contributed by atoms with Crippen LogP contribution in [0.5, 0.6) is 0 Å². The van der Waals surface area contributed by atoms with Gasteiger partial charge in [0.05, 0.1) is 6.54 Å². The van der Waals surface area contributed by atoms with Crippen molar-refractivity contribution in [2.45, 2.75) is 12.8 Å². The van der Waals surface area contributed by atoms with Crippen LogP contribution in [0.15, 0.2) is 54.6 Å². The Hall–Kier alpha value is -2.66. The van der Waals surface area contributed by atoms with Crippen molar-refractivity contribution in [1.29, 1.82) is 0 Å². The van der Waals surface area contributed by atoms with Crippen LogP contribution in [0, 0.1) is 0 Å². The van der Waals surface area contributed by atoms with Crippen LogP contribution in [0.1, 0.15) is 23.2 Å². The first-order valence-electron chi connectivity index (χ1n) is 7.83. The second-order valence-electron chi connectivity index (χ2n) is 5.59. The smallest absolute Gasteiger partial charge is 0.243 e. The molecule has 2 rings (SSSR count). The molecule has 0 saturated heterocycles. The minimum absolute atomic E-state index is 0.0679. The molecule has 2 amide bonds. The highest BCUT2D eigenvalue weighted by atomic mass is 35.5. The van der Waals surface area contributed by atoms with Crippen LogP contribution in [0.4, 0.5) is 5.69 Å². The maximum atomic E-state index is 12.1. The Morgan fingerprint density at radius 1 is 0.960 bits per heavy atom. The molecular weight excluding hydrogens is 340 g/mol. The topological polar surface area (TPSA) is 66.5 Å². The molecule has 1 N–H and O–H groups in total. The van der Waals surface area contributed by atoms with Gasteiger partial charge in [-0.3, -0.25) is 14.4 Å². The van der Waals surface area contributed by atoms with E-state index in [-0.39, 0.29) is 37.0 Å². The first-order chi connectivity index (χ1) is 12.0. The highest BCUT2D eigenvalue weighted by Crippen LogP contribution is 2.13. The van der Waals surface area contributed by atoms with Crippen molar-refractivity contribution in [1.82, 2.24) is 4.90 Å². The maximum Gasteiger partial charge on any atom is 0.243 e. The number of nitrogens with one attached hydrogen (secondary N) is 1. The quantitative estimate of drug-likeness (QED) is 0.771. The molecular formula is C19H19ClN2O3. The lowest BCUT2D eigenvalue weighted by atomic mass is 10.1. The van der Waals surface area contributed by atoms with Crippen LogP contribution < -0.4 is 5.32 Å². The molecule has 0 radical (unpaired) electrons. The number of nitrogens with zero attached hydrogens (tertiary/aromatic N) is 1. The Balaban J connectivity index is 1.78. The molecule has 0 fully saturated rings. The molecule has 0 atom stereocenters. The van der Waals surface area contributed by atoms with E-state index in [2.05, 4.69) is 5.32 Å². The molecule has 130 valence electrons. The third-order valence-electron chi connectivity index (χ3n) is 3.60. The zero-order chi connectivity index (χ0) is 18.2. The molecule has 0 aromatic heterocycles. The van der Waals surface area contributed by atoms with Crippen LogP contribution in [0.3, 0.4) is 0 Å². The Morgan fingerprint density at radius 2 is 1.60 bits per heavy atom. The normalized spacial score (nSPS) is 10.2. The third-order valence-corrected chi connectivity index (χ3v) is 3.85. The lowest BCUT2D eigenvalue weighted by molar-refractivity contribution is -0.133. The molecule has 0 bridgehead atoms. The third kappa shape index (κ3) is 6.04. The summed E-state index contributed by atoms with van der Waals surface area (Å²) in [5, 5.41) is 3.26. The van der Waals surface area contributed by atoms with Crippen LogP contribution in [-0.4, -0.2) is 36.1 Å². The van der Waals surface area contributed by atoms with E-state index >= 15 is 0 Å². The van der Waals surface area contributed by atoms with E-state index < -0.39 is 0 Å². The number of carbonyl (C=O) groups is 3. The number of hydrogen-bond donors (Lipinski definition) is 1. The lowest BCUT2D eigenvalue weighted by Crippen LogP contribution is -2.35. The number of Topliss-reactive ketones (excluding diaryl/α,β-unsaturated/α-hetero) is 1. The summed E-state index contributed by atoms with van der Waals surface area (Å²) in [4.78, 5) is 37.4. The van der Waals surface area contributed by atoms with Gasteiger partial charge in [0, 0.05) is 36.2 Å². The standard InChI is InChI=1S/C19H19ClN2O3/c1-22(13-18(24)21-16-9-7-15(20)8-10-16)19(25)12-11-17(23)14-5-3-2-4-6-14/h2-10H,11-13H2,1H3,(H,21,24). The molecule has 2 aromatic rings. The van der Waals surface area contributed by atoms with Crippen molar-refractivity contribution in [3.05, 3.63) is 65.2 Å². The van der Waals surface area contributed by atoms with Gasteiger partial charge in [-0.25, -0.2) is 0 Å². The molecule has 5 nitrogen and oxygen atoms in total. The predicted octanol–water partition coefficient (Wildman–Crippen LogP) is 3.40. The highest BCUT2D eigenvalue weighted by molar-refractivity contribution is 6.30. The van der Waals surface area contributed by atoms with Gasteiger partial charge >= 0.3 is 0 Å². The molecule has 0 spiro atoms. The number of likely N-dealkylation sites (N-methyl/N-ethyl adjacent to an activating group) is 1. The summed E-state index contributed by atoms with van der Waals surface area (Å²) in [7, 11) is 1.54. The molecule has 0 aliphatic rings. The minimum atomic E-state index is -0.312. The molecule has 6 heteroatoms. The number of halogens is 1. The van der Waals surface area contributed by atoms with Gasteiger partial charge in [-0.15, -0.1) is 0 Å². The van der Waals surface area contributed by atoms with E-state index in [0.717, 1.165) is 0 Å². The van der Waals surface area contributed by atoms with Crippen LogP contribution in [0.2, 0.25) is 5.02 Å². The maximum absolute atomic E-state index is 12.1. The number of anilines is 1. The van der Waals surface area contributed by atoms with E-state index in [9.17, 15) is 14.4 Å². The Labute approximate surface area is 151 Å². The van der Waals surface area contributed by atoms with Crippen LogP contribution in [0.25, 0.3) is 0 Å². The Kier molecular flexibility index (Phi) is 6.71. The van der Waals surface area contributed by atoms with Gasteiger partial charge in [0.15, 0.2) is 5.78 Å². The predicted molar refractivity (Wildman–Crippen MR) is 97.7 cm³/mol. The van der Waals surface area contributed by atoms with Crippen molar-refractivity contribution in [2.75, 3.05) is 18.9 Å². The number of hydrogen-bond acceptors (Lipinski definition) is 3. The first kappa shape index (κ1) is 18.7. The zero-order valence-corrected chi connectivity index (χ0v) is 14.6. The fourth-order valence-electron chi connectivity index (χ4n) is 2.22. The van der Waals surface area contributed by atoms with E-state index in [1.54, 1.807) is 48.5 Å². The van der Waals surface area contributed by atoms with Crippen molar-refractivity contribution in [2.24, 2.45) is 0 Å². The summed E-state index contributed by atoms with van der Waals surface area (Å²) >= 11 is 5.79. The molecule has 25 heavy (non-hydrogen) atoms. The van der Waals surface area contributed by atoms with Crippen molar-refractivity contribution in [3.8, 4) is 0 Å². The van der Waals surface area contributed by atoms with Gasteiger partial charge in [-0.05, 0) is 24.3 Å². The Bertz CT molecular complexity index is 745. The number of rotatable bonds is 7. The molecule has 0 unspecified atom stereocenters. The van der Waals surface area contributed by atoms with Crippen molar-refractivity contribution < 1.29 is 14.4 Å². The second-order valence-corrected chi connectivity index (χ2v) is 6.03. The van der Waals surface area contributed by atoms with Gasteiger partial charge < -0.3 is 10.2 Å². The van der Waals surface area contributed by atoms with Gasteiger partial charge in [0.25, 0.3) is 0 Å². The van der Waals surface area contributed by atoms with Gasteiger partial charge in [-0.1, -0.05) is 41.9 Å².